The maximum Gasteiger partial charge on any atom is 0.0544 e. The van der Waals surface area contributed by atoms with Crippen LogP contribution in [0.25, 0.3) is 0 Å². The fourth-order valence-electron chi connectivity index (χ4n) is 0.857. The highest BCUT2D eigenvalue weighted by Crippen LogP contribution is 2.22. The van der Waals surface area contributed by atoms with Crippen molar-refractivity contribution in [3.8, 4) is 0 Å². The van der Waals surface area contributed by atoms with Gasteiger partial charge in [-0.1, -0.05) is 39.8 Å². The molecule has 1 aliphatic rings. The zero-order valence-corrected chi connectivity index (χ0v) is 8.96. The van der Waals surface area contributed by atoms with Crippen molar-refractivity contribution in [2.24, 2.45) is 16.9 Å². The van der Waals surface area contributed by atoms with E-state index >= 15 is 0 Å². The molecule has 0 saturated carbocycles. The Hall–Kier alpha value is -1.18. The quantitative estimate of drug-likeness (QED) is 0.601. The van der Waals surface area contributed by atoms with E-state index < -0.39 is 0 Å². The summed E-state index contributed by atoms with van der Waals surface area (Å²) in [5, 5.41) is 0. The Bertz CT molecular complexity index is 221. The molecule has 1 rings (SSSR count). The molecule has 0 aromatic rings. The minimum Gasteiger partial charge on any atom is -0.397 e. The molecule has 0 atom stereocenters. The second-order valence-corrected chi connectivity index (χ2v) is 3.40. The Balaban J connectivity index is 0.000000671. The second kappa shape index (κ2) is 4.75. The minimum absolute atomic E-state index is 0.0613. The van der Waals surface area contributed by atoms with Gasteiger partial charge in [0, 0.05) is 5.41 Å². The zero-order valence-electron chi connectivity index (χ0n) is 8.96. The number of allylic oxidation sites excluding steroid dienone is 4. The van der Waals surface area contributed by atoms with Crippen LogP contribution < -0.4 is 11.5 Å². The average molecular weight is 180 g/mol. The molecule has 0 saturated heterocycles. The zero-order chi connectivity index (χ0) is 10.5. The molecule has 1 aliphatic carbocycles. The summed E-state index contributed by atoms with van der Waals surface area (Å²) < 4.78 is 0. The summed E-state index contributed by atoms with van der Waals surface area (Å²) >= 11 is 0. The van der Waals surface area contributed by atoms with Gasteiger partial charge >= 0.3 is 0 Å². The van der Waals surface area contributed by atoms with Gasteiger partial charge < -0.3 is 11.5 Å². The number of nitrogens with two attached hydrogens (primary N) is 2. The van der Waals surface area contributed by atoms with Gasteiger partial charge in [-0.05, 0) is 12.2 Å². The highest BCUT2D eigenvalue weighted by molar-refractivity contribution is 5.34. The van der Waals surface area contributed by atoms with Gasteiger partial charge in [-0.15, -0.1) is 0 Å². The lowest BCUT2D eigenvalue weighted by atomic mass is 9.93. The van der Waals surface area contributed by atoms with Crippen molar-refractivity contribution >= 4 is 0 Å². The van der Waals surface area contributed by atoms with Gasteiger partial charge in [0.15, 0.2) is 0 Å². The molecule has 0 amide bonds. The first-order valence-electron chi connectivity index (χ1n) is 4.65. The van der Waals surface area contributed by atoms with E-state index in [1.807, 2.05) is 38.2 Å². The molecule has 0 unspecified atom stereocenters. The molecular formula is C11H20N2. The van der Waals surface area contributed by atoms with Crippen molar-refractivity contribution in [1.82, 2.24) is 0 Å². The Morgan fingerprint density at radius 1 is 0.923 bits per heavy atom. The Morgan fingerprint density at radius 2 is 1.23 bits per heavy atom. The highest BCUT2D eigenvalue weighted by atomic mass is 14.7. The Labute approximate surface area is 81.0 Å². The van der Waals surface area contributed by atoms with Gasteiger partial charge in [-0.25, -0.2) is 0 Å². The van der Waals surface area contributed by atoms with E-state index in [0.29, 0.717) is 11.4 Å². The van der Waals surface area contributed by atoms with Crippen molar-refractivity contribution in [3.63, 3.8) is 0 Å². The van der Waals surface area contributed by atoms with E-state index in [0.717, 1.165) is 0 Å². The summed E-state index contributed by atoms with van der Waals surface area (Å²) in [6.45, 7) is 8.21. The van der Waals surface area contributed by atoms with Crippen LogP contribution in [0.2, 0.25) is 0 Å². The third kappa shape index (κ3) is 3.83. The molecule has 0 aromatic carbocycles. The summed E-state index contributed by atoms with van der Waals surface area (Å²) in [5.41, 5.74) is 12.6. The van der Waals surface area contributed by atoms with E-state index in [2.05, 4.69) is 13.8 Å². The first-order chi connectivity index (χ1) is 6.01. The molecule has 13 heavy (non-hydrogen) atoms. The summed E-state index contributed by atoms with van der Waals surface area (Å²) in [6.07, 6.45) is 7.79. The SMILES string of the molecule is CC.CC1(C)C=CC(N)=C(N)C=C1. The van der Waals surface area contributed by atoms with Crippen molar-refractivity contribution in [3.05, 3.63) is 35.7 Å². The van der Waals surface area contributed by atoms with Crippen molar-refractivity contribution in [2.45, 2.75) is 27.7 Å². The van der Waals surface area contributed by atoms with E-state index in [-0.39, 0.29) is 5.41 Å². The summed E-state index contributed by atoms with van der Waals surface area (Å²) in [5.74, 6) is 0. The van der Waals surface area contributed by atoms with Gasteiger partial charge in [0.25, 0.3) is 0 Å². The van der Waals surface area contributed by atoms with E-state index in [1.165, 1.54) is 0 Å². The second-order valence-electron chi connectivity index (χ2n) is 3.40. The lowest BCUT2D eigenvalue weighted by molar-refractivity contribution is 0.626. The van der Waals surface area contributed by atoms with E-state index in [1.54, 1.807) is 0 Å². The van der Waals surface area contributed by atoms with Crippen LogP contribution in [0.1, 0.15) is 27.7 Å². The first-order valence-corrected chi connectivity index (χ1v) is 4.65. The predicted molar refractivity (Wildman–Crippen MR) is 58.8 cm³/mol. The number of hydrogen-bond acceptors (Lipinski definition) is 2. The molecule has 74 valence electrons. The molecule has 2 heteroatoms. The minimum atomic E-state index is 0.0613. The molecule has 0 aromatic heterocycles. The largest absolute Gasteiger partial charge is 0.397 e. The van der Waals surface area contributed by atoms with Gasteiger partial charge in [0.1, 0.15) is 0 Å². The molecule has 0 heterocycles. The molecule has 0 fully saturated rings. The van der Waals surface area contributed by atoms with Gasteiger partial charge in [-0.3, -0.25) is 0 Å². The van der Waals surface area contributed by atoms with Crippen LogP contribution in [-0.2, 0) is 0 Å². The van der Waals surface area contributed by atoms with Gasteiger partial charge in [-0.2, -0.15) is 0 Å². The standard InChI is InChI=1S/C9H14N2.C2H6/c1-9(2)5-3-7(10)8(11)4-6-9;1-2/h3-6H,10-11H2,1-2H3;1-2H3. The fraction of sp³-hybridized carbons (Fsp3) is 0.455. The number of hydrogen-bond donors (Lipinski definition) is 2. The van der Waals surface area contributed by atoms with E-state index in [9.17, 15) is 0 Å². The monoisotopic (exact) mass is 180 g/mol. The summed E-state index contributed by atoms with van der Waals surface area (Å²) in [4.78, 5) is 0. The third-order valence-corrected chi connectivity index (χ3v) is 1.72. The summed E-state index contributed by atoms with van der Waals surface area (Å²) in [6, 6.07) is 0. The molecule has 0 spiro atoms. The molecule has 0 bridgehead atoms. The van der Waals surface area contributed by atoms with Crippen LogP contribution in [0.15, 0.2) is 35.7 Å². The normalized spacial score (nSPS) is 19.1. The van der Waals surface area contributed by atoms with Crippen molar-refractivity contribution in [1.29, 1.82) is 0 Å². The molecule has 2 nitrogen and oxygen atoms in total. The third-order valence-electron chi connectivity index (χ3n) is 1.72. The van der Waals surface area contributed by atoms with E-state index in [4.69, 9.17) is 11.5 Å². The lowest BCUT2D eigenvalue weighted by Gasteiger charge is -2.12. The molecule has 4 N–H and O–H groups in total. The maximum absolute atomic E-state index is 5.62. The summed E-state index contributed by atoms with van der Waals surface area (Å²) in [7, 11) is 0. The first kappa shape index (κ1) is 11.8. The maximum atomic E-state index is 5.62. The molecule has 0 radical (unpaired) electrons. The van der Waals surface area contributed by atoms with Crippen LogP contribution in [0.5, 0.6) is 0 Å². The topological polar surface area (TPSA) is 52.0 Å². The van der Waals surface area contributed by atoms with Crippen LogP contribution in [0.3, 0.4) is 0 Å². The van der Waals surface area contributed by atoms with Gasteiger partial charge in [0.2, 0.25) is 0 Å². The highest BCUT2D eigenvalue weighted by Gasteiger charge is 2.11. The lowest BCUT2D eigenvalue weighted by Crippen LogP contribution is -2.04. The average Bonchev–Trinajstić information content (AvgIpc) is 2.23. The Kier molecular flexibility index (Phi) is 4.32. The van der Waals surface area contributed by atoms with Crippen LogP contribution in [0, 0.1) is 5.41 Å². The van der Waals surface area contributed by atoms with Crippen LogP contribution in [-0.4, -0.2) is 0 Å². The van der Waals surface area contributed by atoms with Gasteiger partial charge in [0.05, 0.1) is 11.4 Å². The van der Waals surface area contributed by atoms with Crippen LogP contribution >= 0.6 is 0 Å². The molecule has 0 aliphatic heterocycles. The van der Waals surface area contributed by atoms with Crippen molar-refractivity contribution in [2.75, 3.05) is 0 Å². The molecular weight excluding hydrogens is 160 g/mol. The fourth-order valence-corrected chi connectivity index (χ4v) is 0.857. The van der Waals surface area contributed by atoms with Crippen LogP contribution in [0.4, 0.5) is 0 Å². The predicted octanol–water partition coefficient (Wildman–Crippen LogP) is 2.29. The Morgan fingerprint density at radius 3 is 1.54 bits per heavy atom. The van der Waals surface area contributed by atoms with Crippen molar-refractivity contribution < 1.29 is 0 Å². The smallest absolute Gasteiger partial charge is 0.0544 e. The number of rotatable bonds is 0.